The van der Waals surface area contributed by atoms with Crippen molar-refractivity contribution < 1.29 is 4.74 Å². The van der Waals surface area contributed by atoms with Gasteiger partial charge in [0.25, 0.3) is 0 Å². The number of nitrogens with zero attached hydrogens (tertiary/aromatic N) is 5. The molecule has 8 nitrogen and oxygen atoms in total. The summed E-state index contributed by atoms with van der Waals surface area (Å²) in [5.41, 5.74) is 0.940. The highest BCUT2D eigenvalue weighted by Crippen LogP contribution is 1.96. The molecular formula is C18H30IN7O. The second-order valence-electron chi connectivity index (χ2n) is 5.68. The maximum Gasteiger partial charge on any atom is 0.191 e. The van der Waals surface area contributed by atoms with E-state index in [1.165, 1.54) is 0 Å². The monoisotopic (exact) mass is 487 g/mol. The van der Waals surface area contributed by atoms with E-state index in [4.69, 9.17) is 4.74 Å². The first kappa shape index (κ1) is 23.3. The molecule has 0 saturated heterocycles. The van der Waals surface area contributed by atoms with Crippen LogP contribution in [0.15, 0.2) is 35.7 Å². The molecule has 0 aliphatic rings. The fourth-order valence-corrected chi connectivity index (χ4v) is 2.39. The Balaban J connectivity index is 0.00000364. The van der Waals surface area contributed by atoms with Crippen LogP contribution in [0, 0.1) is 0 Å². The Morgan fingerprint density at radius 2 is 2.07 bits per heavy atom. The first-order chi connectivity index (χ1) is 12.8. The van der Waals surface area contributed by atoms with Gasteiger partial charge in [0.2, 0.25) is 0 Å². The fraction of sp³-hybridized carbons (Fsp3) is 0.556. The van der Waals surface area contributed by atoms with Crippen molar-refractivity contribution in [2.24, 2.45) is 4.99 Å². The molecule has 0 atom stereocenters. The number of aromatic nitrogens is 4. The van der Waals surface area contributed by atoms with Gasteiger partial charge in [0.1, 0.15) is 12.2 Å². The number of hydrogen-bond donors (Lipinski definition) is 2. The Morgan fingerprint density at radius 3 is 2.81 bits per heavy atom. The summed E-state index contributed by atoms with van der Waals surface area (Å²) in [6, 6.07) is 5.85. The maximum absolute atomic E-state index is 5.37. The van der Waals surface area contributed by atoms with Crippen molar-refractivity contribution in [3.05, 3.63) is 42.2 Å². The van der Waals surface area contributed by atoms with E-state index in [-0.39, 0.29) is 24.0 Å². The van der Waals surface area contributed by atoms with Crippen LogP contribution < -0.4 is 10.6 Å². The average molecular weight is 487 g/mol. The molecule has 0 aromatic carbocycles. The second-order valence-corrected chi connectivity index (χ2v) is 5.68. The maximum atomic E-state index is 5.37. The number of rotatable bonds is 11. The minimum Gasteiger partial charge on any atom is -0.382 e. The van der Waals surface area contributed by atoms with Crippen LogP contribution in [0.4, 0.5) is 0 Å². The van der Waals surface area contributed by atoms with Gasteiger partial charge in [0.15, 0.2) is 5.96 Å². The van der Waals surface area contributed by atoms with Gasteiger partial charge in [-0.1, -0.05) is 13.0 Å². The molecule has 150 valence electrons. The lowest BCUT2D eigenvalue weighted by molar-refractivity contribution is 0.145. The van der Waals surface area contributed by atoms with Crippen molar-refractivity contribution in [2.75, 3.05) is 26.3 Å². The van der Waals surface area contributed by atoms with E-state index in [0.29, 0.717) is 6.54 Å². The largest absolute Gasteiger partial charge is 0.382 e. The minimum absolute atomic E-state index is 0. The van der Waals surface area contributed by atoms with Crippen molar-refractivity contribution in [3.8, 4) is 0 Å². The van der Waals surface area contributed by atoms with E-state index in [2.05, 4.69) is 42.3 Å². The lowest BCUT2D eigenvalue weighted by atomic mass is 10.3. The summed E-state index contributed by atoms with van der Waals surface area (Å²) in [5, 5.41) is 14.8. The molecule has 0 aliphatic heterocycles. The van der Waals surface area contributed by atoms with Crippen molar-refractivity contribution in [1.29, 1.82) is 0 Å². The molecule has 2 aromatic rings. The van der Waals surface area contributed by atoms with E-state index < -0.39 is 0 Å². The van der Waals surface area contributed by atoms with Crippen LogP contribution in [0.25, 0.3) is 0 Å². The number of aryl methyl sites for hydroxylation is 1. The summed E-state index contributed by atoms with van der Waals surface area (Å²) in [5.74, 6) is 1.77. The standard InChI is InChI=1S/C18H29N7O.HI/c1-3-17-24-23-15-25(17)12-11-21-18(20-10-7-13-26-4-2)22-14-16-8-5-6-9-19-16;/h5-6,8-9,15H,3-4,7,10-14H2,1-2H3,(H2,20,21,22);1H. The van der Waals surface area contributed by atoms with Crippen molar-refractivity contribution in [1.82, 2.24) is 30.4 Å². The topological polar surface area (TPSA) is 89.2 Å². The van der Waals surface area contributed by atoms with Gasteiger partial charge in [0, 0.05) is 45.5 Å². The molecule has 0 aliphatic carbocycles. The quantitative estimate of drug-likeness (QED) is 0.218. The number of ether oxygens (including phenoxy) is 1. The highest BCUT2D eigenvalue weighted by Gasteiger charge is 2.03. The summed E-state index contributed by atoms with van der Waals surface area (Å²) in [6.45, 7) is 8.45. The molecule has 0 spiro atoms. The Bertz CT molecular complexity index is 648. The smallest absolute Gasteiger partial charge is 0.191 e. The van der Waals surface area contributed by atoms with Gasteiger partial charge >= 0.3 is 0 Å². The normalized spacial score (nSPS) is 11.1. The Kier molecular flexibility index (Phi) is 12.4. The summed E-state index contributed by atoms with van der Waals surface area (Å²) in [6.07, 6.45) is 5.35. The zero-order valence-electron chi connectivity index (χ0n) is 16.1. The van der Waals surface area contributed by atoms with Crippen molar-refractivity contribution in [2.45, 2.75) is 39.8 Å². The zero-order chi connectivity index (χ0) is 18.5. The van der Waals surface area contributed by atoms with Crippen molar-refractivity contribution in [3.63, 3.8) is 0 Å². The number of nitrogens with one attached hydrogen (secondary N) is 2. The van der Waals surface area contributed by atoms with Crippen LogP contribution in [-0.2, 0) is 24.2 Å². The van der Waals surface area contributed by atoms with Crippen LogP contribution >= 0.6 is 24.0 Å². The SMILES string of the molecule is CCOCCCNC(=NCc1ccccn1)NCCn1cnnc1CC.I. The third-order valence-corrected chi connectivity index (χ3v) is 3.74. The highest BCUT2D eigenvalue weighted by molar-refractivity contribution is 14.0. The Morgan fingerprint density at radius 1 is 1.22 bits per heavy atom. The van der Waals surface area contributed by atoms with Crippen molar-refractivity contribution >= 4 is 29.9 Å². The molecule has 0 bridgehead atoms. The fourth-order valence-electron chi connectivity index (χ4n) is 2.39. The molecule has 2 aromatic heterocycles. The number of hydrogen-bond acceptors (Lipinski definition) is 5. The number of pyridine rings is 1. The van der Waals surface area contributed by atoms with Crippen LogP contribution in [-0.4, -0.2) is 52.0 Å². The van der Waals surface area contributed by atoms with Crippen LogP contribution in [0.5, 0.6) is 0 Å². The van der Waals surface area contributed by atoms with Gasteiger partial charge in [-0.2, -0.15) is 0 Å². The zero-order valence-corrected chi connectivity index (χ0v) is 18.4. The molecule has 2 rings (SSSR count). The molecule has 2 N–H and O–H groups in total. The Labute approximate surface area is 178 Å². The van der Waals surface area contributed by atoms with Gasteiger partial charge in [-0.05, 0) is 25.5 Å². The molecule has 2 heterocycles. The van der Waals surface area contributed by atoms with E-state index >= 15 is 0 Å². The van der Waals surface area contributed by atoms with Gasteiger partial charge in [-0.15, -0.1) is 34.2 Å². The average Bonchev–Trinajstić information content (AvgIpc) is 3.13. The molecule has 0 fully saturated rings. The van der Waals surface area contributed by atoms with E-state index in [9.17, 15) is 0 Å². The second kappa shape index (κ2) is 14.3. The van der Waals surface area contributed by atoms with E-state index in [1.807, 2.05) is 25.1 Å². The van der Waals surface area contributed by atoms with Gasteiger partial charge in [-0.25, -0.2) is 4.99 Å². The summed E-state index contributed by atoms with van der Waals surface area (Å²) >= 11 is 0. The van der Waals surface area contributed by atoms with Crippen LogP contribution in [0.2, 0.25) is 0 Å². The molecule has 0 radical (unpaired) electrons. The molecule has 0 amide bonds. The molecular weight excluding hydrogens is 457 g/mol. The van der Waals surface area contributed by atoms with Gasteiger partial charge in [0.05, 0.1) is 12.2 Å². The minimum atomic E-state index is 0. The molecule has 27 heavy (non-hydrogen) atoms. The molecule has 0 unspecified atom stereocenters. The lowest BCUT2D eigenvalue weighted by Gasteiger charge is -2.13. The third-order valence-electron chi connectivity index (χ3n) is 3.74. The summed E-state index contributed by atoms with van der Waals surface area (Å²) < 4.78 is 7.43. The van der Waals surface area contributed by atoms with Crippen LogP contribution in [0.1, 0.15) is 31.8 Å². The first-order valence-electron chi connectivity index (χ1n) is 9.20. The molecule has 9 heteroatoms. The summed E-state index contributed by atoms with van der Waals surface area (Å²) in [7, 11) is 0. The highest BCUT2D eigenvalue weighted by atomic mass is 127. The third kappa shape index (κ3) is 9.14. The molecule has 0 saturated carbocycles. The lowest BCUT2D eigenvalue weighted by Crippen LogP contribution is -2.39. The predicted molar refractivity (Wildman–Crippen MR) is 117 cm³/mol. The van der Waals surface area contributed by atoms with Gasteiger partial charge < -0.3 is 19.9 Å². The summed E-state index contributed by atoms with van der Waals surface area (Å²) in [4.78, 5) is 8.94. The number of guanidine groups is 1. The van der Waals surface area contributed by atoms with E-state index in [1.54, 1.807) is 12.5 Å². The van der Waals surface area contributed by atoms with Gasteiger partial charge in [-0.3, -0.25) is 4.98 Å². The predicted octanol–water partition coefficient (Wildman–Crippen LogP) is 2.02. The first-order valence-corrected chi connectivity index (χ1v) is 9.20. The van der Waals surface area contributed by atoms with E-state index in [0.717, 1.165) is 63.2 Å². The number of halogens is 1. The van der Waals surface area contributed by atoms with Crippen LogP contribution in [0.3, 0.4) is 0 Å². The Hall–Kier alpha value is -1.75. The number of aliphatic imine (C=N–C) groups is 1.